The molecule has 0 bridgehead atoms. The lowest BCUT2D eigenvalue weighted by atomic mass is 10.2. The van der Waals surface area contributed by atoms with Gasteiger partial charge in [0.2, 0.25) is 7.29 Å². The zero-order valence-electron chi connectivity index (χ0n) is 10.2. The fourth-order valence-electron chi connectivity index (χ4n) is 1.96. The van der Waals surface area contributed by atoms with E-state index >= 15 is 0 Å². The number of nitrogens with one attached hydrogen (secondary N) is 1. The molecule has 2 atom stereocenters. The predicted molar refractivity (Wildman–Crippen MR) is 73.5 cm³/mol. The second-order valence-corrected chi connectivity index (χ2v) is 6.99. The van der Waals surface area contributed by atoms with E-state index in [0.29, 0.717) is 5.30 Å². The molecule has 18 heavy (non-hydrogen) atoms. The lowest BCUT2D eigenvalue weighted by Crippen LogP contribution is -2.20. The molecule has 2 rings (SSSR count). The molecule has 0 aliphatic heterocycles. The number of benzene rings is 2. The van der Waals surface area contributed by atoms with E-state index in [1.165, 1.54) is 0 Å². The maximum atomic E-state index is 12.9. The van der Waals surface area contributed by atoms with Gasteiger partial charge in [-0.3, -0.25) is 4.57 Å². The Morgan fingerprint density at radius 3 is 2.00 bits per heavy atom. The van der Waals surface area contributed by atoms with Crippen LogP contribution in [0, 0.1) is 0 Å². The first-order valence-electron chi connectivity index (χ1n) is 5.80. The molecule has 0 saturated carbocycles. The maximum Gasteiger partial charge on any atom is 0.204 e. The Kier molecular flexibility index (Phi) is 3.97. The molecule has 94 valence electrons. The molecule has 0 amide bonds. The Labute approximate surface area is 107 Å². The fraction of sp³-hybridized carbons (Fsp3) is 0.143. The van der Waals surface area contributed by atoms with Gasteiger partial charge in [0, 0.05) is 5.30 Å². The summed E-state index contributed by atoms with van der Waals surface area (Å²) >= 11 is 0. The Hall–Kier alpha value is -1.41. The summed E-state index contributed by atoms with van der Waals surface area (Å²) in [6, 6.07) is 18.6. The SMILES string of the molecule is C[C@@H](c1ccccc1)[P@](=O)(NO)c1ccccc1. The standard InChI is InChI=1S/C14H16NO2P/c1-12(13-8-4-2-5-9-13)18(17,15-16)14-10-6-3-7-11-14/h2-12,16H,1H3,(H,15,17)/t12-,18+/m0/s1. The largest absolute Gasteiger partial charge is 0.310 e. The van der Waals surface area contributed by atoms with Crippen molar-refractivity contribution in [3.63, 3.8) is 0 Å². The molecular formula is C14H16NO2P. The van der Waals surface area contributed by atoms with Crippen LogP contribution in [0.25, 0.3) is 0 Å². The third kappa shape index (κ3) is 2.39. The van der Waals surface area contributed by atoms with Crippen molar-refractivity contribution in [2.45, 2.75) is 12.6 Å². The highest BCUT2D eigenvalue weighted by atomic mass is 31.2. The smallest absolute Gasteiger partial charge is 0.204 e. The topological polar surface area (TPSA) is 49.3 Å². The highest BCUT2D eigenvalue weighted by Gasteiger charge is 2.32. The summed E-state index contributed by atoms with van der Waals surface area (Å²) in [6.07, 6.45) is 0. The molecule has 0 aromatic heterocycles. The second kappa shape index (κ2) is 5.49. The van der Waals surface area contributed by atoms with Crippen LogP contribution in [0.4, 0.5) is 0 Å². The van der Waals surface area contributed by atoms with Crippen molar-refractivity contribution in [3.05, 3.63) is 66.2 Å². The lowest BCUT2D eigenvalue weighted by Gasteiger charge is -2.23. The summed E-state index contributed by atoms with van der Waals surface area (Å²) < 4.78 is 12.9. The van der Waals surface area contributed by atoms with Crippen LogP contribution in [-0.2, 0) is 4.57 Å². The van der Waals surface area contributed by atoms with Gasteiger partial charge in [0.25, 0.3) is 0 Å². The average molecular weight is 261 g/mol. The van der Waals surface area contributed by atoms with E-state index in [9.17, 15) is 9.77 Å². The summed E-state index contributed by atoms with van der Waals surface area (Å²) in [5.41, 5.74) is 0.650. The minimum absolute atomic E-state index is 0.286. The Balaban J connectivity index is 2.43. The highest BCUT2D eigenvalue weighted by molar-refractivity contribution is 7.69. The van der Waals surface area contributed by atoms with Crippen LogP contribution in [0.2, 0.25) is 0 Å². The summed E-state index contributed by atoms with van der Waals surface area (Å²) in [5, 5.41) is 12.0. The van der Waals surface area contributed by atoms with Crippen molar-refractivity contribution in [1.29, 1.82) is 0 Å². The molecule has 0 unspecified atom stereocenters. The van der Waals surface area contributed by atoms with E-state index in [-0.39, 0.29) is 5.66 Å². The molecule has 0 heterocycles. The third-order valence-corrected chi connectivity index (χ3v) is 5.87. The fourth-order valence-corrected chi connectivity index (χ4v) is 3.90. The van der Waals surface area contributed by atoms with Gasteiger partial charge in [-0.2, -0.15) is 0 Å². The van der Waals surface area contributed by atoms with Crippen molar-refractivity contribution in [2.75, 3.05) is 0 Å². The van der Waals surface area contributed by atoms with E-state index in [0.717, 1.165) is 5.56 Å². The average Bonchev–Trinajstić information content (AvgIpc) is 2.47. The first-order chi connectivity index (χ1) is 8.68. The molecule has 0 spiro atoms. The molecule has 0 aliphatic carbocycles. The van der Waals surface area contributed by atoms with Crippen molar-refractivity contribution >= 4 is 12.6 Å². The Bertz CT molecular complexity index is 542. The molecule has 3 nitrogen and oxygen atoms in total. The molecule has 2 N–H and O–H groups in total. The molecule has 0 radical (unpaired) electrons. The van der Waals surface area contributed by atoms with E-state index in [2.05, 4.69) is 0 Å². The van der Waals surface area contributed by atoms with Gasteiger partial charge in [-0.1, -0.05) is 60.7 Å². The van der Waals surface area contributed by atoms with Crippen molar-refractivity contribution in [3.8, 4) is 0 Å². The van der Waals surface area contributed by atoms with Gasteiger partial charge in [0.05, 0.1) is 5.66 Å². The van der Waals surface area contributed by atoms with E-state index in [1.807, 2.05) is 60.7 Å². The number of hydrogen-bond acceptors (Lipinski definition) is 2. The van der Waals surface area contributed by atoms with Gasteiger partial charge < -0.3 is 5.21 Å². The summed E-state index contributed by atoms with van der Waals surface area (Å²) in [6.45, 7) is 1.85. The number of rotatable bonds is 4. The van der Waals surface area contributed by atoms with Gasteiger partial charge in [0.15, 0.2) is 0 Å². The maximum absolute atomic E-state index is 12.9. The monoisotopic (exact) mass is 261 g/mol. The summed E-state index contributed by atoms with van der Waals surface area (Å²) in [4.78, 5) is 0. The zero-order valence-corrected chi connectivity index (χ0v) is 11.0. The zero-order chi connectivity index (χ0) is 13.0. The predicted octanol–water partition coefficient (Wildman–Crippen LogP) is 3.33. The first-order valence-corrected chi connectivity index (χ1v) is 7.57. The van der Waals surface area contributed by atoms with Crippen LogP contribution in [0.3, 0.4) is 0 Å². The Morgan fingerprint density at radius 1 is 1.00 bits per heavy atom. The van der Waals surface area contributed by atoms with E-state index < -0.39 is 7.29 Å². The Morgan fingerprint density at radius 2 is 1.50 bits per heavy atom. The van der Waals surface area contributed by atoms with Crippen LogP contribution < -0.4 is 10.6 Å². The normalized spacial score (nSPS) is 15.9. The van der Waals surface area contributed by atoms with Crippen molar-refractivity contribution < 1.29 is 9.77 Å². The molecule has 0 saturated heterocycles. The van der Waals surface area contributed by atoms with Crippen molar-refractivity contribution in [2.24, 2.45) is 0 Å². The summed E-state index contributed by atoms with van der Waals surface area (Å²) in [5.74, 6) is 0. The molecule has 2 aromatic carbocycles. The van der Waals surface area contributed by atoms with Crippen LogP contribution >= 0.6 is 7.29 Å². The van der Waals surface area contributed by atoms with E-state index in [4.69, 9.17) is 0 Å². The van der Waals surface area contributed by atoms with Gasteiger partial charge in [-0.15, -0.1) is 5.25 Å². The summed E-state index contributed by atoms with van der Waals surface area (Å²) in [7, 11) is -3.06. The molecule has 0 fully saturated rings. The van der Waals surface area contributed by atoms with E-state index in [1.54, 1.807) is 12.1 Å². The third-order valence-electron chi connectivity index (χ3n) is 3.12. The minimum atomic E-state index is -3.06. The molecular weight excluding hydrogens is 245 g/mol. The van der Waals surface area contributed by atoms with Crippen LogP contribution in [0.1, 0.15) is 18.1 Å². The van der Waals surface area contributed by atoms with Crippen LogP contribution in [-0.4, -0.2) is 5.21 Å². The van der Waals surface area contributed by atoms with Crippen molar-refractivity contribution in [1.82, 2.24) is 5.25 Å². The quantitative estimate of drug-likeness (QED) is 0.655. The van der Waals surface area contributed by atoms with Gasteiger partial charge in [0.1, 0.15) is 0 Å². The lowest BCUT2D eigenvalue weighted by molar-refractivity contribution is 0.241. The van der Waals surface area contributed by atoms with Crippen LogP contribution in [0.15, 0.2) is 60.7 Å². The minimum Gasteiger partial charge on any atom is -0.310 e. The van der Waals surface area contributed by atoms with Gasteiger partial charge >= 0.3 is 0 Å². The molecule has 2 aromatic rings. The number of hydrogen-bond donors (Lipinski definition) is 2. The van der Waals surface area contributed by atoms with Gasteiger partial charge in [-0.25, -0.2) is 0 Å². The second-order valence-electron chi connectivity index (χ2n) is 4.18. The van der Waals surface area contributed by atoms with Crippen LogP contribution in [0.5, 0.6) is 0 Å². The molecule has 4 heteroatoms. The highest BCUT2D eigenvalue weighted by Crippen LogP contribution is 2.53. The molecule has 0 aliphatic rings. The van der Waals surface area contributed by atoms with Gasteiger partial charge in [-0.05, 0) is 12.5 Å². The first kappa shape index (κ1) is 13.0.